The third-order valence-electron chi connectivity index (χ3n) is 5.34. The average Bonchev–Trinajstić information content (AvgIpc) is 3.10. The van der Waals surface area contributed by atoms with Gasteiger partial charge < -0.3 is 5.32 Å². The van der Waals surface area contributed by atoms with Gasteiger partial charge in [0, 0.05) is 12.6 Å². The zero-order valence-corrected chi connectivity index (χ0v) is 16.5. The Morgan fingerprint density at radius 1 is 1.31 bits per heavy atom. The zero-order chi connectivity index (χ0) is 18.2. The molecular formula is C20H30N4OS. The predicted molar refractivity (Wildman–Crippen MR) is 107 cm³/mol. The zero-order valence-electron chi connectivity index (χ0n) is 15.7. The Bertz CT molecular complexity index is 696. The van der Waals surface area contributed by atoms with E-state index in [1.54, 1.807) is 11.8 Å². The van der Waals surface area contributed by atoms with Crippen molar-refractivity contribution in [3.63, 3.8) is 0 Å². The number of nitrogens with one attached hydrogen (secondary N) is 1. The van der Waals surface area contributed by atoms with Crippen LogP contribution in [0.4, 0.5) is 0 Å². The van der Waals surface area contributed by atoms with Gasteiger partial charge in [-0.2, -0.15) is 11.8 Å². The van der Waals surface area contributed by atoms with E-state index in [4.69, 9.17) is 0 Å². The molecule has 1 atom stereocenters. The van der Waals surface area contributed by atoms with Crippen LogP contribution in [0.25, 0.3) is 5.65 Å². The van der Waals surface area contributed by atoms with E-state index in [0.717, 1.165) is 36.0 Å². The highest BCUT2D eigenvalue weighted by Gasteiger charge is 2.20. The number of thioether (sulfide) groups is 1. The largest absolute Gasteiger partial charge is 0.346 e. The van der Waals surface area contributed by atoms with Gasteiger partial charge in [-0.3, -0.25) is 9.20 Å². The molecule has 2 aromatic rings. The number of nitrogens with zero attached hydrogens (tertiary/aromatic N) is 3. The van der Waals surface area contributed by atoms with Gasteiger partial charge in [0.05, 0.1) is 6.04 Å². The lowest BCUT2D eigenvalue weighted by atomic mass is 9.86. The highest BCUT2D eigenvalue weighted by Crippen LogP contribution is 2.27. The lowest BCUT2D eigenvalue weighted by Gasteiger charge is -2.21. The summed E-state index contributed by atoms with van der Waals surface area (Å²) in [5.74, 6) is 2.79. The highest BCUT2D eigenvalue weighted by molar-refractivity contribution is 7.98. The van der Waals surface area contributed by atoms with Crippen LogP contribution in [-0.2, 0) is 4.79 Å². The molecule has 26 heavy (non-hydrogen) atoms. The Balaban J connectivity index is 1.56. The molecule has 3 rings (SSSR count). The normalized spacial score (nSPS) is 16.7. The second-order valence-electron chi connectivity index (χ2n) is 7.28. The fraction of sp³-hybridized carbons (Fsp3) is 0.650. The van der Waals surface area contributed by atoms with E-state index in [9.17, 15) is 4.79 Å². The molecule has 6 heteroatoms. The van der Waals surface area contributed by atoms with E-state index in [1.165, 1.54) is 38.5 Å². The van der Waals surface area contributed by atoms with Crippen LogP contribution in [0, 0.1) is 5.92 Å². The van der Waals surface area contributed by atoms with Gasteiger partial charge in [0.15, 0.2) is 11.5 Å². The minimum absolute atomic E-state index is 0.0815. The van der Waals surface area contributed by atoms with Crippen LogP contribution < -0.4 is 5.32 Å². The maximum absolute atomic E-state index is 12.5. The summed E-state index contributed by atoms with van der Waals surface area (Å²) < 4.78 is 1.98. The predicted octanol–water partition coefficient (Wildman–Crippen LogP) is 4.39. The summed E-state index contributed by atoms with van der Waals surface area (Å²) >= 11 is 1.79. The summed E-state index contributed by atoms with van der Waals surface area (Å²) in [5.41, 5.74) is 0.822. The van der Waals surface area contributed by atoms with E-state index < -0.39 is 0 Å². The van der Waals surface area contributed by atoms with Crippen molar-refractivity contribution in [2.75, 3.05) is 12.0 Å². The van der Waals surface area contributed by atoms with Crippen molar-refractivity contribution >= 4 is 23.3 Å². The number of carbonyl (C=O) groups is 1. The summed E-state index contributed by atoms with van der Waals surface area (Å²) in [4.78, 5) is 12.5. The molecule has 0 saturated heterocycles. The van der Waals surface area contributed by atoms with Gasteiger partial charge in [0.25, 0.3) is 0 Å². The quantitative estimate of drug-likeness (QED) is 0.707. The van der Waals surface area contributed by atoms with E-state index >= 15 is 0 Å². The SMILES string of the molecule is CSCCC(NC(=O)CCCC1CCCCC1)c1nnc2ccccn12. The van der Waals surface area contributed by atoms with Gasteiger partial charge in [-0.1, -0.05) is 38.2 Å². The summed E-state index contributed by atoms with van der Waals surface area (Å²) in [6.45, 7) is 0. The molecule has 1 unspecified atom stereocenters. The number of aromatic nitrogens is 3. The minimum atomic E-state index is -0.0815. The maximum Gasteiger partial charge on any atom is 0.220 e. The first-order chi connectivity index (χ1) is 12.8. The van der Waals surface area contributed by atoms with Gasteiger partial charge >= 0.3 is 0 Å². The molecule has 0 spiro atoms. The monoisotopic (exact) mass is 374 g/mol. The first-order valence-corrected chi connectivity index (χ1v) is 11.3. The van der Waals surface area contributed by atoms with Gasteiger partial charge in [-0.25, -0.2) is 0 Å². The summed E-state index contributed by atoms with van der Waals surface area (Å²) in [6.07, 6.45) is 14.5. The molecule has 1 aliphatic rings. The van der Waals surface area contributed by atoms with E-state index in [-0.39, 0.29) is 11.9 Å². The summed E-state index contributed by atoms with van der Waals surface area (Å²) in [7, 11) is 0. The van der Waals surface area contributed by atoms with Crippen molar-refractivity contribution < 1.29 is 4.79 Å². The van der Waals surface area contributed by atoms with Crippen LogP contribution in [0.15, 0.2) is 24.4 Å². The standard InChI is InChI=1S/C20H30N4OS/c1-26-15-13-17(20-23-22-18-11-5-6-14-24(18)20)21-19(25)12-7-10-16-8-3-2-4-9-16/h5-6,11,14,16-17H,2-4,7-10,12-13,15H2,1H3,(H,21,25). The topological polar surface area (TPSA) is 59.3 Å². The summed E-state index contributed by atoms with van der Waals surface area (Å²) in [5, 5.41) is 11.8. The Kier molecular flexibility index (Phi) is 7.35. The first kappa shape index (κ1) is 19.2. The molecule has 0 aromatic carbocycles. The van der Waals surface area contributed by atoms with Crippen molar-refractivity contribution in [1.82, 2.24) is 19.9 Å². The van der Waals surface area contributed by atoms with Crippen LogP contribution in [0.1, 0.15) is 69.7 Å². The van der Waals surface area contributed by atoms with Crippen LogP contribution in [-0.4, -0.2) is 32.5 Å². The molecule has 1 amide bonds. The smallest absolute Gasteiger partial charge is 0.220 e. The van der Waals surface area contributed by atoms with Gasteiger partial charge in [0.2, 0.25) is 5.91 Å². The molecule has 2 aromatic heterocycles. The van der Waals surface area contributed by atoms with E-state index in [2.05, 4.69) is 21.8 Å². The first-order valence-electron chi connectivity index (χ1n) is 9.86. The highest BCUT2D eigenvalue weighted by atomic mass is 32.2. The Labute approximate surface area is 160 Å². The molecule has 5 nitrogen and oxygen atoms in total. The van der Waals surface area contributed by atoms with Gasteiger partial charge in [-0.15, -0.1) is 10.2 Å². The second-order valence-corrected chi connectivity index (χ2v) is 8.27. The van der Waals surface area contributed by atoms with Crippen molar-refractivity contribution in [2.24, 2.45) is 5.92 Å². The van der Waals surface area contributed by atoms with Crippen LogP contribution in [0.5, 0.6) is 0 Å². The van der Waals surface area contributed by atoms with Crippen molar-refractivity contribution in [3.05, 3.63) is 30.2 Å². The van der Waals surface area contributed by atoms with Crippen molar-refractivity contribution in [1.29, 1.82) is 0 Å². The number of amides is 1. The fourth-order valence-electron chi connectivity index (χ4n) is 3.89. The Morgan fingerprint density at radius 3 is 2.96 bits per heavy atom. The average molecular weight is 375 g/mol. The van der Waals surface area contributed by atoms with Crippen molar-refractivity contribution in [3.8, 4) is 0 Å². The second kappa shape index (κ2) is 9.95. The molecule has 1 fully saturated rings. The maximum atomic E-state index is 12.5. The number of pyridine rings is 1. The number of carbonyl (C=O) groups excluding carboxylic acids is 1. The Hall–Kier alpha value is -1.56. The fourth-order valence-corrected chi connectivity index (χ4v) is 4.36. The molecule has 2 heterocycles. The third-order valence-corrected chi connectivity index (χ3v) is 5.98. The molecular weight excluding hydrogens is 344 g/mol. The number of hydrogen-bond donors (Lipinski definition) is 1. The lowest BCUT2D eigenvalue weighted by Crippen LogP contribution is -2.30. The Morgan fingerprint density at radius 2 is 2.15 bits per heavy atom. The van der Waals surface area contributed by atoms with Crippen LogP contribution in [0.2, 0.25) is 0 Å². The molecule has 0 aliphatic heterocycles. The van der Waals surface area contributed by atoms with Gasteiger partial charge in [0.1, 0.15) is 0 Å². The number of hydrogen-bond acceptors (Lipinski definition) is 4. The van der Waals surface area contributed by atoms with Crippen molar-refractivity contribution in [2.45, 2.75) is 63.8 Å². The molecule has 1 N–H and O–H groups in total. The van der Waals surface area contributed by atoms with E-state index in [0.29, 0.717) is 6.42 Å². The number of rotatable bonds is 9. The molecule has 0 radical (unpaired) electrons. The lowest BCUT2D eigenvalue weighted by molar-refractivity contribution is -0.122. The summed E-state index contributed by atoms with van der Waals surface area (Å²) in [6, 6.07) is 5.78. The molecule has 0 bridgehead atoms. The molecule has 1 aliphatic carbocycles. The molecule has 1 saturated carbocycles. The van der Waals surface area contributed by atoms with Crippen LogP contribution >= 0.6 is 11.8 Å². The van der Waals surface area contributed by atoms with E-state index in [1.807, 2.05) is 28.8 Å². The third kappa shape index (κ3) is 5.22. The number of fused-ring (bicyclic) bond motifs is 1. The van der Waals surface area contributed by atoms with Gasteiger partial charge in [-0.05, 0) is 49.3 Å². The van der Waals surface area contributed by atoms with Crippen LogP contribution in [0.3, 0.4) is 0 Å². The minimum Gasteiger partial charge on any atom is -0.346 e. The molecule has 142 valence electrons.